The number of rotatable bonds is 2. The normalized spacial score (nSPS) is 19.0. The first kappa shape index (κ1) is 13.3. The van der Waals surface area contributed by atoms with E-state index in [1.54, 1.807) is 0 Å². The minimum atomic E-state index is 0.248. The van der Waals surface area contributed by atoms with Gasteiger partial charge in [0, 0.05) is 49.9 Å². The van der Waals surface area contributed by atoms with Crippen molar-refractivity contribution >= 4 is 16.7 Å². The van der Waals surface area contributed by atoms with E-state index in [2.05, 4.69) is 33.0 Å². The topological polar surface area (TPSA) is 59.0 Å². The second-order valence-corrected chi connectivity index (χ2v) is 5.79. The number of anilines is 1. The third kappa shape index (κ3) is 2.16. The largest absolute Gasteiger partial charge is 0.375 e. The molecule has 1 aliphatic heterocycles. The SMILES string of the molecule is C[C@H]1CN(c2ccnc3[nH]cc(-c4cnn(C)c4)c23)CCO1. The lowest BCUT2D eigenvalue weighted by Gasteiger charge is -2.33. The quantitative estimate of drug-likeness (QED) is 0.787. The highest BCUT2D eigenvalue weighted by Crippen LogP contribution is 2.35. The Morgan fingerprint density at radius 2 is 2.32 bits per heavy atom. The molecule has 1 saturated heterocycles. The van der Waals surface area contributed by atoms with Crippen molar-refractivity contribution < 1.29 is 4.74 Å². The second-order valence-electron chi connectivity index (χ2n) is 5.79. The molecule has 114 valence electrons. The lowest BCUT2D eigenvalue weighted by atomic mass is 10.1. The number of pyridine rings is 1. The number of H-pyrrole nitrogens is 1. The number of aromatic amines is 1. The van der Waals surface area contributed by atoms with Crippen LogP contribution in [0.3, 0.4) is 0 Å². The van der Waals surface area contributed by atoms with Crippen LogP contribution in [-0.2, 0) is 11.8 Å². The maximum Gasteiger partial charge on any atom is 0.139 e. The van der Waals surface area contributed by atoms with E-state index in [1.807, 2.05) is 36.5 Å². The van der Waals surface area contributed by atoms with E-state index in [1.165, 1.54) is 5.69 Å². The maximum atomic E-state index is 5.66. The summed E-state index contributed by atoms with van der Waals surface area (Å²) in [6, 6.07) is 2.09. The Hall–Kier alpha value is -2.34. The minimum Gasteiger partial charge on any atom is -0.375 e. The Morgan fingerprint density at radius 3 is 3.09 bits per heavy atom. The van der Waals surface area contributed by atoms with Gasteiger partial charge in [-0.1, -0.05) is 0 Å². The third-order valence-electron chi connectivity index (χ3n) is 4.15. The zero-order valence-electron chi connectivity index (χ0n) is 12.8. The molecule has 0 spiro atoms. The zero-order chi connectivity index (χ0) is 15.1. The van der Waals surface area contributed by atoms with Crippen molar-refractivity contribution in [2.24, 2.45) is 7.05 Å². The van der Waals surface area contributed by atoms with Crippen LogP contribution in [0.25, 0.3) is 22.2 Å². The summed E-state index contributed by atoms with van der Waals surface area (Å²) in [5.41, 5.74) is 4.37. The van der Waals surface area contributed by atoms with Gasteiger partial charge in [-0.3, -0.25) is 4.68 Å². The van der Waals surface area contributed by atoms with Crippen LogP contribution in [0.15, 0.2) is 30.9 Å². The summed E-state index contributed by atoms with van der Waals surface area (Å²) in [5.74, 6) is 0. The van der Waals surface area contributed by atoms with Crippen molar-refractivity contribution in [2.45, 2.75) is 13.0 Å². The molecule has 0 aromatic carbocycles. The predicted octanol–water partition coefficient (Wildman–Crippen LogP) is 2.19. The molecule has 6 heteroatoms. The second kappa shape index (κ2) is 5.14. The van der Waals surface area contributed by atoms with E-state index in [0.717, 1.165) is 41.9 Å². The average molecular weight is 297 g/mol. The van der Waals surface area contributed by atoms with E-state index in [-0.39, 0.29) is 6.10 Å². The first-order valence-corrected chi connectivity index (χ1v) is 7.54. The highest BCUT2D eigenvalue weighted by atomic mass is 16.5. The fraction of sp³-hybridized carbons (Fsp3) is 0.375. The number of nitrogens with zero attached hydrogens (tertiary/aromatic N) is 4. The van der Waals surface area contributed by atoms with Gasteiger partial charge in [-0.15, -0.1) is 0 Å². The zero-order valence-corrected chi connectivity index (χ0v) is 12.8. The Balaban J connectivity index is 1.86. The molecule has 22 heavy (non-hydrogen) atoms. The molecule has 3 aromatic heterocycles. The van der Waals surface area contributed by atoms with Crippen LogP contribution in [0.5, 0.6) is 0 Å². The van der Waals surface area contributed by atoms with Crippen LogP contribution in [-0.4, -0.2) is 45.5 Å². The van der Waals surface area contributed by atoms with Gasteiger partial charge in [0.15, 0.2) is 0 Å². The molecular formula is C16H19N5O. The van der Waals surface area contributed by atoms with Crippen LogP contribution in [0.4, 0.5) is 5.69 Å². The first-order valence-electron chi connectivity index (χ1n) is 7.54. The minimum absolute atomic E-state index is 0.248. The lowest BCUT2D eigenvalue weighted by molar-refractivity contribution is 0.0533. The van der Waals surface area contributed by atoms with Crippen molar-refractivity contribution in [1.29, 1.82) is 0 Å². The summed E-state index contributed by atoms with van der Waals surface area (Å²) in [4.78, 5) is 10.1. The molecule has 0 amide bonds. The molecule has 3 aromatic rings. The molecule has 1 atom stereocenters. The Labute approximate surface area is 128 Å². The highest BCUT2D eigenvalue weighted by Gasteiger charge is 2.21. The van der Waals surface area contributed by atoms with Crippen molar-refractivity contribution in [3.05, 3.63) is 30.9 Å². The Kier molecular flexibility index (Phi) is 3.11. The van der Waals surface area contributed by atoms with Gasteiger partial charge in [0.25, 0.3) is 0 Å². The highest BCUT2D eigenvalue weighted by molar-refractivity contribution is 6.02. The van der Waals surface area contributed by atoms with Gasteiger partial charge in [-0.2, -0.15) is 5.10 Å². The summed E-state index contributed by atoms with van der Waals surface area (Å²) in [6.07, 6.45) is 8.05. The van der Waals surface area contributed by atoms with Gasteiger partial charge in [0.1, 0.15) is 5.65 Å². The molecule has 0 aliphatic carbocycles. The van der Waals surface area contributed by atoms with Gasteiger partial charge in [0.2, 0.25) is 0 Å². The molecule has 4 rings (SSSR count). The molecule has 1 N–H and O–H groups in total. The molecular weight excluding hydrogens is 278 g/mol. The van der Waals surface area contributed by atoms with Crippen molar-refractivity contribution in [3.63, 3.8) is 0 Å². The standard InChI is InChI=1S/C16H19N5O/c1-11-9-21(5-6-22-11)14-3-4-17-16-15(14)13(8-18-16)12-7-19-20(2)10-12/h3-4,7-8,10-11H,5-6,9H2,1-2H3,(H,17,18)/t11-/m0/s1. The molecule has 0 saturated carbocycles. The van der Waals surface area contributed by atoms with E-state index < -0.39 is 0 Å². The number of fused-ring (bicyclic) bond motifs is 1. The Morgan fingerprint density at radius 1 is 1.41 bits per heavy atom. The van der Waals surface area contributed by atoms with Crippen molar-refractivity contribution in [1.82, 2.24) is 19.7 Å². The average Bonchev–Trinajstić information content (AvgIpc) is 3.12. The van der Waals surface area contributed by atoms with E-state index in [0.29, 0.717) is 0 Å². The molecule has 0 unspecified atom stereocenters. The number of hydrogen-bond donors (Lipinski definition) is 1. The Bertz CT molecular complexity index is 806. The number of nitrogens with one attached hydrogen (secondary N) is 1. The fourth-order valence-corrected chi connectivity index (χ4v) is 3.13. The van der Waals surface area contributed by atoms with Crippen LogP contribution < -0.4 is 4.90 Å². The molecule has 1 fully saturated rings. The molecule has 1 aliphatic rings. The van der Waals surface area contributed by atoms with Crippen LogP contribution in [0, 0.1) is 0 Å². The summed E-state index contributed by atoms with van der Waals surface area (Å²) >= 11 is 0. The van der Waals surface area contributed by atoms with Gasteiger partial charge in [-0.05, 0) is 13.0 Å². The molecule has 4 heterocycles. The summed E-state index contributed by atoms with van der Waals surface area (Å²) in [5, 5.41) is 5.44. The smallest absolute Gasteiger partial charge is 0.139 e. The van der Waals surface area contributed by atoms with Crippen molar-refractivity contribution in [3.8, 4) is 11.1 Å². The van der Waals surface area contributed by atoms with Crippen molar-refractivity contribution in [2.75, 3.05) is 24.6 Å². The van der Waals surface area contributed by atoms with Gasteiger partial charge < -0.3 is 14.6 Å². The fourth-order valence-electron chi connectivity index (χ4n) is 3.13. The molecule has 6 nitrogen and oxygen atoms in total. The number of morpholine rings is 1. The number of ether oxygens (including phenoxy) is 1. The number of aromatic nitrogens is 4. The lowest BCUT2D eigenvalue weighted by Crippen LogP contribution is -2.41. The summed E-state index contributed by atoms with van der Waals surface area (Å²) in [7, 11) is 1.93. The summed E-state index contributed by atoms with van der Waals surface area (Å²) in [6.45, 7) is 4.68. The monoisotopic (exact) mass is 297 g/mol. The number of hydrogen-bond acceptors (Lipinski definition) is 4. The van der Waals surface area contributed by atoms with Crippen LogP contribution >= 0.6 is 0 Å². The van der Waals surface area contributed by atoms with E-state index in [9.17, 15) is 0 Å². The first-order chi connectivity index (χ1) is 10.7. The van der Waals surface area contributed by atoms with Gasteiger partial charge >= 0.3 is 0 Å². The van der Waals surface area contributed by atoms with Crippen LogP contribution in [0.2, 0.25) is 0 Å². The van der Waals surface area contributed by atoms with Gasteiger partial charge in [-0.25, -0.2) is 4.98 Å². The molecule has 0 radical (unpaired) electrons. The maximum absolute atomic E-state index is 5.66. The van der Waals surface area contributed by atoms with E-state index >= 15 is 0 Å². The van der Waals surface area contributed by atoms with Gasteiger partial charge in [0.05, 0.1) is 30.0 Å². The third-order valence-corrected chi connectivity index (χ3v) is 4.15. The molecule has 0 bridgehead atoms. The van der Waals surface area contributed by atoms with Crippen LogP contribution in [0.1, 0.15) is 6.92 Å². The predicted molar refractivity (Wildman–Crippen MR) is 85.9 cm³/mol. The number of aryl methyl sites for hydroxylation is 1. The summed E-state index contributed by atoms with van der Waals surface area (Å²) < 4.78 is 7.48. The van der Waals surface area contributed by atoms with E-state index in [4.69, 9.17) is 4.74 Å².